The van der Waals surface area contributed by atoms with E-state index < -0.39 is 21.9 Å². The third kappa shape index (κ3) is 5.06. The van der Waals surface area contributed by atoms with Crippen molar-refractivity contribution in [2.45, 2.75) is 31.3 Å². The maximum Gasteiger partial charge on any atom is 0.310 e. The molecule has 1 aliphatic rings. The summed E-state index contributed by atoms with van der Waals surface area (Å²) in [6.07, 6.45) is 1.06. The van der Waals surface area contributed by atoms with Crippen molar-refractivity contribution in [3.8, 4) is 17.5 Å². The van der Waals surface area contributed by atoms with E-state index in [4.69, 9.17) is 9.47 Å². The molecule has 35 heavy (non-hydrogen) atoms. The highest BCUT2D eigenvalue weighted by molar-refractivity contribution is 7.89. The van der Waals surface area contributed by atoms with Crippen LogP contribution in [0.2, 0.25) is 0 Å². The number of nitriles is 1. The predicted octanol–water partition coefficient (Wildman–Crippen LogP) is 3.21. The lowest BCUT2D eigenvalue weighted by Gasteiger charge is -2.30. The molecule has 9 nitrogen and oxygen atoms in total. The number of carbonyl (C=O) groups is 1. The molecule has 1 atom stereocenters. The maximum absolute atomic E-state index is 13.1. The zero-order valence-corrected chi connectivity index (χ0v) is 20.4. The lowest BCUT2D eigenvalue weighted by Crippen LogP contribution is -2.42. The number of benzene rings is 2. The highest BCUT2D eigenvalue weighted by atomic mass is 32.2. The van der Waals surface area contributed by atoms with Gasteiger partial charge in [-0.2, -0.15) is 14.7 Å². The molecule has 2 heterocycles. The van der Waals surface area contributed by atoms with Crippen LogP contribution < -0.4 is 4.74 Å². The van der Waals surface area contributed by atoms with Crippen LogP contribution in [0.1, 0.15) is 29.8 Å². The number of aryl methyl sites for hydroxylation is 1. The largest absolute Gasteiger partial charge is 0.497 e. The van der Waals surface area contributed by atoms with Gasteiger partial charge in [0.1, 0.15) is 24.0 Å². The fourth-order valence-corrected chi connectivity index (χ4v) is 5.67. The topological polar surface area (TPSA) is 115 Å². The normalized spacial score (nSPS) is 16.4. The highest BCUT2D eigenvalue weighted by Crippen LogP contribution is 2.26. The monoisotopic (exact) mass is 494 g/mol. The smallest absolute Gasteiger partial charge is 0.310 e. The number of rotatable bonds is 7. The minimum atomic E-state index is -3.76. The summed E-state index contributed by atoms with van der Waals surface area (Å²) in [5.41, 5.74) is 2.12. The summed E-state index contributed by atoms with van der Waals surface area (Å²) >= 11 is 0. The molecule has 0 amide bonds. The molecule has 0 bridgehead atoms. The van der Waals surface area contributed by atoms with Gasteiger partial charge in [-0.05, 0) is 56.2 Å². The van der Waals surface area contributed by atoms with Gasteiger partial charge in [0.25, 0.3) is 0 Å². The predicted molar refractivity (Wildman–Crippen MR) is 127 cm³/mol. The summed E-state index contributed by atoms with van der Waals surface area (Å²) in [7, 11) is -2.25. The SMILES string of the molecule is COc1ccc(S(=O)(=O)N2CCCC(C(=O)OCc3c(C#N)c(C)nn3-c3ccccc3)C2)cc1. The zero-order valence-electron chi connectivity index (χ0n) is 19.5. The molecule has 0 N–H and O–H groups in total. The maximum atomic E-state index is 13.1. The summed E-state index contributed by atoms with van der Waals surface area (Å²) in [5.74, 6) is -0.538. The number of para-hydroxylation sites is 1. The number of sulfonamides is 1. The lowest BCUT2D eigenvalue weighted by molar-refractivity contribution is -0.151. The summed E-state index contributed by atoms with van der Waals surface area (Å²) in [6.45, 7) is 1.96. The van der Waals surface area contributed by atoms with E-state index in [9.17, 15) is 18.5 Å². The Bertz CT molecular complexity index is 1340. The first kappa shape index (κ1) is 24.4. The number of piperidine rings is 1. The number of ether oxygens (including phenoxy) is 2. The van der Waals surface area contributed by atoms with E-state index in [2.05, 4.69) is 11.2 Å². The number of esters is 1. The molecule has 1 saturated heterocycles. The van der Waals surface area contributed by atoms with Gasteiger partial charge in [0.15, 0.2) is 0 Å². The van der Waals surface area contributed by atoms with E-state index in [1.165, 1.54) is 23.5 Å². The Balaban J connectivity index is 1.48. The molecule has 1 fully saturated rings. The zero-order chi connectivity index (χ0) is 25.0. The molecule has 4 rings (SSSR count). The average molecular weight is 495 g/mol. The molecular formula is C25H26N4O5S. The molecule has 0 radical (unpaired) electrons. The number of hydrogen-bond acceptors (Lipinski definition) is 7. The van der Waals surface area contributed by atoms with Gasteiger partial charge < -0.3 is 9.47 Å². The summed E-state index contributed by atoms with van der Waals surface area (Å²) in [4.78, 5) is 13.1. The van der Waals surface area contributed by atoms with Crippen molar-refractivity contribution in [3.63, 3.8) is 0 Å². The molecule has 2 aromatic carbocycles. The first-order valence-corrected chi connectivity index (χ1v) is 12.6. The third-order valence-electron chi connectivity index (χ3n) is 6.03. The first-order chi connectivity index (χ1) is 16.8. The number of nitrogens with zero attached hydrogens (tertiary/aromatic N) is 4. The first-order valence-electron chi connectivity index (χ1n) is 11.2. The molecule has 0 spiro atoms. The molecule has 0 saturated carbocycles. The van der Waals surface area contributed by atoms with Crippen molar-refractivity contribution in [1.82, 2.24) is 14.1 Å². The Morgan fingerprint density at radius 3 is 2.54 bits per heavy atom. The van der Waals surface area contributed by atoms with Gasteiger partial charge in [0, 0.05) is 13.1 Å². The van der Waals surface area contributed by atoms with Gasteiger partial charge in [0.2, 0.25) is 10.0 Å². The Labute approximate surface area is 204 Å². The van der Waals surface area contributed by atoms with Crippen LogP contribution >= 0.6 is 0 Å². The third-order valence-corrected chi connectivity index (χ3v) is 7.91. The van der Waals surface area contributed by atoms with Gasteiger partial charge >= 0.3 is 5.97 Å². The van der Waals surface area contributed by atoms with Crippen LogP contribution in [0, 0.1) is 24.2 Å². The van der Waals surface area contributed by atoms with Crippen LogP contribution in [-0.2, 0) is 26.2 Å². The van der Waals surface area contributed by atoms with Crippen LogP contribution in [0.4, 0.5) is 0 Å². The fourth-order valence-electron chi connectivity index (χ4n) is 4.14. The van der Waals surface area contributed by atoms with Crippen molar-refractivity contribution in [1.29, 1.82) is 5.26 Å². The summed E-state index contributed by atoms with van der Waals surface area (Å²) < 4.78 is 39.8. The Hall–Kier alpha value is -3.68. The second-order valence-corrected chi connectivity index (χ2v) is 10.2. The van der Waals surface area contributed by atoms with Crippen molar-refractivity contribution in [3.05, 3.63) is 71.5 Å². The van der Waals surface area contributed by atoms with Gasteiger partial charge in [-0.3, -0.25) is 4.79 Å². The fraction of sp³-hybridized carbons (Fsp3) is 0.320. The van der Waals surface area contributed by atoms with Crippen molar-refractivity contribution in [2.75, 3.05) is 20.2 Å². The van der Waals surface area contributed by atoms with Crippen molar-refractivity contribution >= 4 is 16.0 Å². The van der Waals surface area contributed by atoms with Crippen molar-refractivity contribution in [2.24, 2.45) is 5.92 Å². The molecule has 10 heteroatoms. The van der Waals surface area contributed by atoms with Crippen LogP contribution in [0.5, 0.6) is 5.75 Å². The average Bonchev–Trinajstić information content (AvgIpc) is 3.22. The van der Waals surface area contributed by atoms with Crippen LogP contribution in [0.15, 0.2) is 59.5 Å². The van der Waals surface area contributed by atoms with E-state index in [1.54, 1.807) is 23.7 Å². The molecule has 0 aliphatic carbocycles. The molecule has 1 aromatic heterocycles. The molecular weight excluding hydrogens is 468 g/mol. The van der Waals surface area contributed by atoms with E-state index in [-0.39, 0.29) is 18.0 Å². The van der Waals surface area contributed by atoms with Gasteiger partial charge in [0.05, 0.1) is 35.0 Å². The summed E-state index contributed by atoms with van der Waals surface area (Å²) in [6, 6.07) is 17.6. The van der Waals surface area contributed by atoms with Gasteiger partial charge in [-0.25, -0.2) is 13.1 Å². The quantitative estimate of drug-likeness (QED) is 0.463. The Morgan fingerprint density at radius 2 is 1.89 bits per heavy atom. The van der Waals surface area contributed by atoms with E-state index >= 15 is 0 Å². The van der Waals surface area contributed by atoms with E-state index in [0.29, 0.717) is 42.1 Å². The highest BCUT2D eigenvalue weighted by Gasteiger charge is 2.34. The van der Waals surface area contributed by atoms with E-state index in [0.717, 1.165) is 5.69 Å². The molecule has 1 unspecified atom stereocenters. The summed E-state index contributed by atoms with van der Waals surface area (Å²) in [5, 5.41) is 14.1. The van der Waals surface area contributed by atoms with Crippen LogP contribution in [0.25, 0.3) is 5.69 Å². The lowest BCUT2D eigenvalue weighted by atomic mass is 10.00. The minimum Gasteiger partial charge on any atom is -0.497 e. The molecule has 182 valence electrons. The second kappa shape index (κ2) is 10.3. The number of hydrogen-bond donors (Lipinski definition) is 0. The number of methoxy groups -OCH3 is 1. The van der Waals surface area contributed by atoms with Crippen LogP contribution in [-0.4, -0.2) is 48.7 Å². The van der Waals surface area contributed by atoms with Crippen LogP contribution in [0.3, 0.4) is 0 Å². The molecule has 1 aliphatic heterocycles. The Kier molecular flexibility index (Phi) is 7.19. The number of carbonyl (C=O) groups excluding carboxylic acids is 1. The van der Waals surface area contributed by atoms with Gasteiger partial charge in [-0.15, -0.1) is 0 Å². The minimum absolute atomic E-state index is 0.0370. The van der Waals surface area contributed by atoms with Crippen molar-refractivity contribution < 1.29 is 22.7 Å². The van der Waals surface area contributed by atoms with E-state index in [1.807, 2.05) is 30.3 Å². The molecule has 3 aromatic rings. The number of aromatic nitrogens is 2. The van der Waals surface area contributed by atoms with Gasteiger partial charge in [-0.1, -0.05) is 18.2 Å². The second-order valence-electron chi connectivity index (χ2n) is 8.25. The Morgan fingerprint density at radius 1 is 1.17 bits per heavy atom. The standard InChI is InChI=1S/C25H26N4O5S/c1-18-23(15-26)24(29(27-18)20-8-4-3-5-9-20)17-34-25(30)19-7-6-14-28(16-19)35(31,32)22-12-10-21(33-2)11-13-22/h3-5,8-13,19H,6-7,14,16-17H2,1-2H3.